The first-order valence-electron chi connectivity index (χ1n) is 32.3. The van der Waals surface area contributed by atoms with Crippen molar-refractivity contribution in [1.82, 2.24) is 0 Å². The standard InChI is InChI=1S/C67H124O11Si4/c1-28-30-32-53-61(76-80(22,23)65(11,12)13)63(78-82(26,27)67(17,18)19)62(77-81(24,25)66(14,15)16)60(74-53)54(75-79(20,21)64(8,9)10)37-34-48(68)33-35-49-40-44(4)52(70-49)38-36-50-39-43(3)46(6)55(71-50)42-56-58(69)47(7)59-57(72-56)41-45(5)51(73-59)31-29-2/h28,34,37,43,45,47,49-63,69H,1,4,6,29-33,35-36,38-42H2,2-3,5,7-27H3/b37-34+/t43-,45-,47-,49+,50?,51-,52?,53+,54+,55-,56?,57?,58-,59+,60+,61+,62-,63+/m1/s1. The number of carbonyl (C=O) groups is 1. The highest BCUT2D eigenvalue weighted by Gasteiger charge is 2.58. The van der Waals surface area contributed by atoms with E-state index < -0.39 is 69.9 Å². The highest BCUT2D eigenvalue weighted by molar-refractivity contribution is 6.75. The van der Waals surface area contributed by atoms with E-state index in [4.69, 9.17) is 41.4 Å². The summed E-state index contributed by atoms with van der Waals surface area (Å²) < 4.78 is 65.1. The monoisotopic (exact) mass is 1220 g/mol. The molecule has 0 radical (unpaired) electrons. The molecule has 0 aromatic heterocycles. The molecule has 11 nitrogen and oxygen atoms in total. The van der Waals surface area contributed by atoms with Crippen molar-refractivity contribution >= 4 is 39.1 Å². The Morgan fingerprint density at radius 1 is 0.646 bits per heavy atom. The SMILES string of the molecule is C=CCC[C@@H]1O[C@@H]([C@H](/C=C/C(=O)CC[C@H]2CC(=C)C(CCC3C[C@@H](C)C(=C)[C@@H](CC4OC5C[C@@H](C)[C@@H](CCC)O[C@H]5[C@H](C)[C@H]4O)O3)O2)O[Si](C)(C)C(C)(C)C)[C@@H](O[Si](C)(C)C(C)(C)C)[C@@H](O[Si](C)(C)C(C)(C)C)[C@H]1O[Si](C)(C)C(C)(C)C. The lowest BCUT2D eigenvalue weighted by Gasteiger charge is -2.56. The zero-order chi connectivity index (χ0) is 62.1. The number of carbonyl (C=O) groups excluding carboxylic acids is 1. The van der Waals surface area contributed by atoms with Gasteiger partial charge in [-0.3, -0.25) is 4.79 Å². The third-order valence-electron chi connectivity index (χ3n) is 21.6. The summed E-state index contributed by atoms with van der Waals surface area (Å²) in [5.41, 5.74) is 2.15. The third-order valence-corrected chi connectivity index (χ3v) is 39.5. The Balaban J connectivity index is 1.35. The van der Waals surface area contributed by atoms with Crippen molar-refractivity contribution in [3.8, 4) is 0 Å². The van der Waals surface area contributed by atoms with Gasteiger partial charge >= 0.3 is 0 Å². The zero-order valence-corrected chi connectivity index (χ0v) is 60.8. The van der Waals surface area contributed by atoms with Crippen LogP contribution in [0, 0.1) is 17.8 Å². The van der Waals surface area contributed by atoms with Crippen LogP contribution in [0.2, 0.25) is 72.5 Å². The molecule has 5 fully saturated rings. The molecule has 0 amide bonds. The smallest absolute Gasteiger partial charge is 0.193 e. The van der Waals surface area contributed by atoms with Crippen molar-refractivity contribution in [2.24, 2.45) is 17.8 Å². The van der Waals surface area contributed by atoms with Crippen LogP contribution in [-0.2, 0) is 46.2 Å². The van der Waals surface area contributed by atoms with Gasteiger partial charge in [-0.15, -0.1) is 6.58 Å². The predicted octanol–water partition coefficient (Wildman–Crippen LogP) is 16.8. The third kappa shape index (κ3) is 17.7. The van der Waals surface area contributed by atoms with Crippen LogP contribution in [0.1, 0.15) is 188 Å². The summed E-state index contributed by atoms with van der Waals surface area (Å²) in [4.78, 5) is 14.4. The molecule has 0 saturated carbocycles. The van der Waals surface area contributed by atoms with Crippen LogP contribution in [-0.4, -0.2) is 136 Å². The maximum Gasteiger partial charge on any atom is 0.193 e. The van der Waals surface area contributed by atoms with E-state index in [0.29, 0.717) is 31.6 Å². The van der Waals surface area contributed by atoms with Gasteiger partial charge in [-0.2, -0.15) is 0 Å². The quantitative estimate of drug-likeness (QED) is 0.0565. The number of ether oxygens (including phenoxy) is 5. The maximum absolute atomic E-state index is 14.4. The summed E-state index contributed by atoms with van der Waals surface area (Å²) in [6.07, 6.45) is 10.7. The van der Waals surface area contributed by atoms with Gasteiger partial charge in [-0.1, -0.05) is 143 Å². The number of aliphatic hydroxyl groups is 1. The number of allylic oxidation sites excluding steroid dienone is 2. The molecule has 5 rings (SSSR count). The highest BCUT2D eigenvalue weighted by atomic mass is 28.4. The average Bonchev–Trinajstić information content (AvgIpc) is 3.33. The van der Waals surface area contributed by atoms with E-state index in [1.807, 2.05) is 12.2 Å². The van der Waals surface area contributed by atoms with Gasteiger partial charge in [0, 0.05) is 18.8 Å². The van der Waals surface area contributed by atoms with E-state index in [1.165, 1.54) is 0 Å². The van der Waals surface area contributed by atoms with Crippen molar-refractivity contribution in [3.63, 3.8) is 0 Å². The van der Waals surface area contributed by atoms with Gasteiger partial charge in [0.25, 0.3) is 0 Å². The van der Waals surface area contributed by atoms with E-state index in [1.54, 1.807) is 6.08 Å². The molecule has 5 aliphatic rings. The van der Waals surface area contributed by atoms with Crippen LogP contribution in [0.3, 0.4) is 0 Å². The van der Waals surface area contributed by atoms with Gasteiger partial charge in [-0.25, -0.2) is 0 Å². The summed E-state index contributed by atoms with van der Waals surface area (Å²) in [5.74, 6) is 0.695. The molecule has 0 aromatic carbocycles. The van der Waals surface area contributed by atoms with Crippen LogP contribution in [0.15, 0.2) is 49.1 Å². The van der Waals surface area contributed by atoms with Crippen molar-refractivity contribution in [3.05, 3.63) is 49.1 Å². The van der Waals surface area contributed by atoms with Crippen molar-refractivity contribution in [1.29, 1.82) is 0 Å². The maximum atomic E-state index is 14.4. The molecule has 474 valence electrons. The fourth-order valence-electron chi connectivity index (χ4n) is 11.8. The van der Waals surface area contributed by atoms with Crippen molar-refractivity contribution in [2.45, 2.75) is 352 Å². The largest absolute Gasteiger partial charge is 0.409 e. The molecule has 0 aliphatic carbocycles. The van der Waals surface area contributed by atoms with Gasteiger partial charge in [0.1, 0.15) is 18.3 Å². The molecule has 0 spiro atoms. The fraction of sp³-hybridized carbons (Fsp3) is 0.866. The lowest BCUT2D eigenvalue weighted by molar-refractivity contribution is -0.259. The number of hydrogen-bond acceptors (Lipinski definition) is 11. The number of ketones is 1. The number of aliphatic hydroxyl groups excluding tert-OH is 1. The van der Waals surface area contributed by atoms with E-state index in [-0.39, 0.29) is 92.7 Å². The van der Waals surface area contributed by atoms with Crippen LogP contribution in [0.25, 0.3) is 0 Å². The molecule has 0 aromatic rings. The molecular formula is C67H124O11Si4. The Hall–Kier alpha value is -0.902. The Morgan fingerprint density at radius 3 is 1.74 bits per heavy atom. The second kappa shape index (κ2) is 27.9. The molecule has 15 heteroatoms. The van der Waals surface area contributed by atoms with Gasteiger partial charge < -0.3 is 46.5 Å². The molecule has 5 saturated heterocycles. The van der Waals surface area contributed by atoms with E-state index >= 15 is 0 Å². The zero-order valence-electron chi connectivity index (χ0n) is 56.8. The Kier molecular flexibility index (Phi) is 24.4. The van der Waals surface area contributed by atoms with Gasteiger partial charge in [-0.05, 0) is 159 Å². The molecule has 1 N–H and O–H groups in total. The Morgan fingerprint density at radius 2 is 1.20 bits per heavy atom. The van der Waals surface area contributed by atoms with Gasteiger partial charge in [0.15, 0.2) is 39.1 Å². The second-order valence-corrected chi connectivity index (χ2v) is 51.3. The van der Waals surface area contributed by atoms with Crippen LogP contribution < -0.4 is 0 Å². The van der Waals surface area contributed by atoms with Gasteiger partial charge in [0.2, 0.25) is 0 Å². The number of fused-ring (bicyclic) bond motifs is 1. The van der Waals surface area contributed by atoms with E-state index in [9.17, 15) is 9.90 Å². The van der Waals surface area contributed by atoms with E-state index in [2.05, 4.69) is 183 Å². The first kappa shape index (κ1) is 71.8. The molecule has 4 unspecified atom stereocenters. The first-order valence-corrected chi connectivity index (χ1v) is 43.9. The molecule has 5 aliphatic heterocycles. The van der Waals surface area contributed by atoms with Crippen molar-refractivity contribution < 1.29 is 51.3 Å². The lowest BCUT2D eigenvalue weighted by Crippen LogP contribution is -2.69. The summed E-state index contributed by atoms with van der Waals surface area (Å²) in [7, 11) is -9.94. The lowest BCUT2D eigenvalue weighted by atomic mass is 9.78. The van der Waals surface area contributed by atoms with Gasteiger partial charge in [0.05, 0.1) is 73.2 Å². The summed E-state index contributed by atoms with van der Waals surface area (Å²) in [5, 5.41) is 11.2. The summed E-state index contributed by atoms with van der Waals surface area (Å²) >= 11 is 0. The minimum absolute atomic E-state index is 0.0228. The Labute approximate surface area is 506 Å². The topological polar surface area (TPSA) is 120 Å². The fourth-order valence-corrected chi connectivity index (χ4v) is 16.9. The molecule has 82 heavy (non-hydrogen) atoms. The summed E-state index contributed by atoms with van der Waals surface area (Å²) in [6, 6.07) is 0. The van der Waals surface area contributed by atoms with Crippen molar-refractivity contribution in [2.75, 3.05) is 0 Å². The average molecular weight is 1220 g/mol. The normalized spacial score (nSPS) is 34.6. The summed E-state index contributed by atoms with van der Waals surface area (Å²) in [6.45, 7) is 67.9. The molecule has 5 heterocycles. The molecule has 18 atom stereocenters. The highest BCUT2D eigenvalue weighted by Crippen LogP contribution is 2.49. The Bertz CT molecular complexity index is 2150. The van der Waals surface area contributed by atoms with E-state index in [0.717, 1.165) is 62.5 Å². The predicted molar refractivity (Wildman–Crippen MR) is 349 cm³/mol. The number of rotatable bonds is 24. The van der Waals surface area contributed by atoms with Crippen LogP contribution in [0.4, 0.5) is 0 Å². The second-order valence-electron chi connectivity index (χ2n) is 32.3. The number of hydrogen-bond donors (Lipinski definition) is 1. The molecule has 0 bridgehead atoms. The minimum atomic E-state index is -2.53. The molecular weight excluding hydrogens is 1090 g/mol. The first-order chi connectivity index (χ1) is 37.5. The minimum Gasteiger partial charge on any atom is -0.409 e. The van der Waals surface area contributed by atoms with Crippen LogP contribution >= 0.6 is 0 Å². The van der Waals surface area contributed by atoms with Crippen LogP contribution in [0.5, 0.6) is 0 Å².